The molecule has 0 aliphatic carbocycles. The monoisotopic (exact) mass is 502 g/mol. The van der Waals surface area contributed by atoms with Crippen LogP contribution in [0.2, 0.25) is 0 Å². The molecule has 0 saturated carbocycles. The Morgan fingerprint density at radius 3 is 2.19 bits per heavy atom. The Balaban J connectivity index is 1.81. The number of morpholine rings is 1. The third kappa shape index (κ3) is 4.79. The summed E-state index contributed by atoms with van der Waals surface area (Å²) < 4.78 is 66.2. The van der Waals surface area contributed by atoms with Crippen molar-refractivity contribution in [2.45, 2.75) is 6.54 Å². The quantitative estimate of drug-likeness (QED) is 0.203. The van der Waals surface area contributed by atoms with Crippen LogP contribution >= 0.6 is 0 Å². The number of anilines is 1. The van der Waals surface area contributed by atoms with Crippen molar-refractivity contribution in [1.82, 2.24) is 4.90 Å². The molecule has 1 aliphatic heterocycles. The van der Waals surface area contributed by atoms with Gasteiger partial charge in [-0.1, -0.05) is 18.2 Å². The van der Waals surface area contributed by atoms with Gasteiger partial charge in [0.1, 0.15) is 5.69 Å². The lowest BCUT2D eigenvalue weighted by Gasteiger charge is -2.26. The van der Waals surface area contributed by atoms with Gasteiger partial charge in [-0.15, -0.1) is 0 Å². The Bertz CT molecular complexity index is 1330. The van der Waals surface area contributed by atoms with E-state index in [-0.39, 0.29) is 16.9 Å². The standard InChI is InChI=1S/C25H22F4N4O3/c1-31-32-24-16(25(34)35)10-15(11-17(24)30)19-22(28)20(26)18(21(27)23(19)29)14-4-2-3-13(9-14)12-33-5-7-36-8-6-33/h2-4,9-11H,5-8,12,30H2,1H3,(H,34,35). The summed E-state index contributed by atoms with van der Waals surface area (Å²) in [6.45, 7) is 2.98. The second-order valence-corrected chi connectivity index (χ2v) is 8.16. The Hall–Kier alpha value is -3.83. The number of hydrogen-bond donors (Lipinski definition) is 2. The number of azo groups is 1. The summed E-state index contributed by atoms with van der Waals surface area (Å²) in [6, 6.07) is 7.95. The zero-order valence-electron chi connectivity index (χ0n) is 19.2. The molecule has 0 aromatic heterocycles. The van der Waals surface area contributed by atoms with Gasteiger partial charge in [0.2, 0.25) is 0 Å². The molecule has 0 amide bonds. The minimum Gasteiger partial charge on any atom is -0.478 e. The fourth-order valence-corrected chi connectivity index (χ4v) is 4.16. The second-order valence-electron chi connectivity index (χ2n) is 8.16. The average Bonchev–Trinajstić information content (AvgIpc) is 2.85. The highest BCUT2D eigenvalue weighted by atomic mass is 19.2. The molecule has 3 N–H and O–H groups in total. The number of benzene rings is 3. The number of carboxylic acids is 1. The zero-order chi connectivity index (χ0) is 26.0. The fourth-order valence-electron chi connectivity index (χ4n) is 4.16. The molecule has 4 rings (SSSR count). The van der Waals surface area contributed by atoms with Crippen LogP contribution in [0.5, 0.6) is 0 Å². The molecule has 0 atom stereocenters. The van der Waals surface area contributed by atoms with Crippen LogP contribution < -0.4 is 5.73 Å². The maximum Gasteiger partial charge on any atom is 0.338 e. The van der Waals surface area contributed by atoms with Gasteiger partial charge in [0.25, 0.3) is 0 Å². The van der Waals surface area contributed by atoms with Crippen molar-refractivity contribution in [1.29, 1.82) is 0 Å². The van der Waals surface area contributed by atoms with Crippen LogP contribution in [-0.4, -0.2) is 49.3 Å². The number of nitrogen functional groups attached to an aromatic ring is 1. The number of nitrogens with zero attached hydrogens (tertiary/aromatic N) is 3. The first-order valence-corrected chi connectivity index (χ1v) is 10.9. The van der Waals surface area contributed by atoms with Gasteiger partial charge in [-0.2, -0.15) is 10.2 Å². The van der Waals surface area contributed by atoms with E-state index in [4.69, 9.17) is 10.5 Å². The minimum absolute atomic E-state index is 0.0375. The molecule has 188 valence electrons. The average molecular weight is 502 g/mol. The molecule has 1 saturated heterocycles. The van der Waals surface area contributed by atoms with Gasteiger partial charge in [0.05, 0.1) is 35.6 Å². The van der Waals surface area contributed by atoms with Gasteiger partial charge in [0.15, 0.2) is 23.3 Å². The van der Waals surface area contributed by atoms with E-state index in [2.05, 4.69) is 15.1 Å². The number of hydrogen-bond acceptors (Lipinski definition) is 6. The molecule has 0 unspecified atom stereocenters. The lowest BCUT2D eigenvalue weighted by Crippen LogP contribution is -2.35. The highest BCUT2D eigenvalue weighted by Crippen LogP contribution is 2.40. The number of aromatic carboxylic acids is 1. The normalized spacial score (nSPS) is 14.5. The second kappa shape index (κ2) is 10.4. The zero-order valence-corrected chi connectivity index (χ0v) is 19.2. The van der Waals surface area contributed by atoms with E-state index in [1.165, 1.54) is 19.2 Å². The SMILES string of the molecule is CN=Nc1c(N)cc(-c2c(F)c(F)c(-c3cccc(CN4CCOCC4)c3)c(F)c2F)cc1C(=O)O. The van der Waals surface area contributed by atoms with E-state index >= 15 is 17.6 Å². The van der Waals surface area contributed by atoms with Crippen molar-refractivity contribution in [2.75, 3.05) is 39.1 Å². The molecule has 0 spiro atoms. The third-order valence-electron chi connectivity index (χ3n) is 5.85. The predicted molar refractivity (Wildman–Crippen MR) is 125 cm³/mol. The van der Waals surface area contributed by atoms with Crippen molar-refractivity contribution in [2.24, 2.45) is 10.2 Å². The first-order valence-electron chi connectivity index (χ1n) is 10.9. The molecular formula is C25H22F4N4O3. The Morgan fingerprint density at radius 1 is 1.00 bits per heavy atom. The number of nitrogens with two attached hydrogens (primary N) is 1. The van der Waals surface area contributed by atoms with Gasteiger partial charge in [0, 0.05) is 26.7 Å². The smallest absolute Gasteiger partial charge is 0.338 e. The van der Waals surface area contributed by atoms with Crippen LogP contribution in [0.4, 0.5) is 28.9 Å². The highest BCUT2D eigenvalue weighted by molar-refractivity contribution is 5.98. The molecule has 36 heavy (non-hydrogen) atoms. The third-order valence-corrected chi connectivity index (χ3v) is 5.85. The first-order chi connectivity index (χ1) is 17.2. The van der Waals surface area contributed by atoms with Crippen molar-refractivity contribution in [3.05, 3.63) is 70.8 Å². The van der Waals surface area contributed by atoms with E-state index in [0.717, 1.165) is 12.1 Å². The molecule has 1 fully saturated rings. The predicted octanol–water partition coefficient (Wildman–Crippen LogP) is 5.40. The van der Waals surface area contributed by atoms with E-state index in [0.29, 0.717) is 38.4 Å². The number of carboxylic acid groups (broad SMARTS) is 1. The lowest BCUT2D eigenvalue weighted by molar-refractivity contribution is 0.0342. The minimum atomic E-state index is -1.68. The van der Waals surface area contributed by atoms with E-state index < -0.39 is 51.5 Å². The van der Waals surface area contributed by atoms with Gasteiger partial charge in [-0.25, -0.2) is 22.4 Å². The number of carbonyl (C=O) groups is 1. The molecule has 0 radical (unpaired) electrons. The summed E-state index contributed by atoms with van der Waals surface area (Å²) in [6.07, 6.45) is 0. The number of rotatable bonds is 6. The van der Waals surface area contributed by atoms with Gasteiger partial charge in [-0.3, -0.25) is 4.90 Å². The maximum absolute atomic E-state index is 15.2. The largest absolute Gasteiger partial charge is 0.478 e. The van der Waals surface area contributed by atoms with Crippen molar-refractivity contribution in [3.8, 4) is 22.3 Å². The summed E-state index contributed by atoms with van der Waals surface area (Å²) in [5.41, 5.74) is 3.03. The molecular weight excluding hydrogens is 480 g/mol. The number of halogens is 4. The summed E-state index contributed by atoms with van der Waals surface area (Å²) in [5, 5.41) is 16.6. The molecule has 11 heteroatoms. The van der Waals surface area contributed by atoms with E-state index in [9.17, 15) is 9.90 Å². The van der Waals surface area contributed by atoms with Crippen LogP contribution in [0.1, 0.15) is 15.9 Å². The van der Waals surface area contributed by atoms with Gasteiger partial charge < -0.3 is 15.6 Å². The fraction of sp³-hybridized carbons (Fsp3) is 0.240. The van der Waals surface area contributed by atoms with Crippen molar-refractivity contribution >= 4 is 17.3 Å². The first kappa shape index (κ1) is 25.3. The molecule has 7 nitrogen and oxygen atoms in total. The summed E-state index contributed by atoms with van der Waals surface area (Å²) in [4.78, 5) is 13.7. The van der Waals surface area contributed by atoms with Crippen LogP contribution in [0.25, 0.3) is 22.3 Å². The topological polar surface area (TPSA) is 101 Å². The number of ether oxygens (including phenoxy) is 1. The summed E-state index contributed by atoms with van der Waals surface area (Å²) >= 11 is 0. The Morgan fingerprint density at radius 2 is 1.61 bits per heavy atom. The van der Waals surface area contributed by atoms with Crippen LogP contribution in [0, 0.1) is 23.3 Å². The lowest BCUT2D eigenvalue weighted by atomic mass is 9.94. The highest BCUT2D eigenvalue weighted by Gasteiger charge is 2.29. The maximum atomic E-state index is 15.2. The molecule has 3 aromatic rings. The molecule has 0 bridgehead atoms. The van der Waals surface area contributed by atoms with Gasteiger partial charge in [-0.05, 0) is 34.9 Å². The van der Waals surface area contributed by atoms with Crippen LogP contribution in [0.3, 0.4) is 0 Å². The van der Waals surface area contributed by atoms with Crippen molar-refractivity contribution in [3.63, 3.8) is 0 Å². The van der Waals surface area contributed by atoms with Crippen molar-refractivity contribution < 1.29 is 32.2 Å². The molecule has 1 heterocycles. The van der Waals surface area contributed by atoms with Gasteiger partial charge >= 0.3 is 5.97 Å². The van der Waals surface area contributed by atoms with E-state index in [1.54, 1.807) is 12.1 Å². The Labute approximate surface area is 203 Å². The molecule has 3 aromatic carbocycles. The molecule has 1 aliphatic rings. The van der Waals surface area contributed by atoms with Crippen LogP contribution in [-0.2, 0) is 11.3 Å². The summed E-state index contributed by atoms with van der Waals surface area (Å²) in [5.74, 6) is -8.09. The van der Waals surface area contributed by atoms with E-state index in [1.807, 2.05) is 0 Å². The summed E-state index contributed by atoms with van der Waals surface area (Å²) in [7, 11) is 1.28. The Kier molecular flexibility index (Phi) is 7.32. The van der Waals surface area contributed by atoms with Crippen LogP contribution in [0.15, 0.2) is 46.6 Å².